The van der Waals surface area contributed by atoms with Crippen LogP contribution < -0.4 is 5.32 Å². The van der Waals surface area contributed by atoms with Crippen molar-refractivity contribution in [3.05, 3.63) is 30.2 Å². The first-order valence-corrected chi connectivity index (χ1v) is 6.38. The van der Waals surface area contributed by atoms with Gasteiger partial charge >= 0.3 is 0 Å². The highest BCUT2D eigenvalue weighted by Gasteiger charge is 2.11. The Labute approximate surface area is 110 Å². The predicted molar refractivity (Wildman–Crippen MR) is 69.6 cm³/mol. The summed E-state index contributed by atoms with van der Waals surface area (Å²) in [6.45, 7) is 2.34. The van der Waals surface area contributed by atoms with E-state index in [1.165, 1.54) is 0 Å². The number of fused-ring (bicyclic) bond motifs is 1. The lowest BCUT2D eigenvalue weighted by molar-refractivity contribution is -0.123. The van der Waals surface area contributed by atoms with E-state index < -0.39 is 0 Å². The molecule has 1 N–H and O–H groups in total. The minimum atomic E-state index is -0.165. The molecule has 5 nitrogen and oxygen atoms in total. The van der Waals surface area contributed by atoms with E-state index in [4.69, 9.17) is 11.6 Å². The summed E-state index contributed by atoms with van der Waals surface area (Å²) in [7, 11) is 0. The van der Waals surface area contributed by atoms with Gasteiger partial charge in [0.15, 0.2) is 5.65 Å². The van der Waals surface area contributed by atoms with Crippen LogP contribution >= 0.6 is 11.6 Å². The van der Waals surface area contributed by atoms with Crippen molar-refractivity contribution in [1.29, 1.82) is 0 Å². The summed E-state index contributed by atoms with van der Waals surface area (Å²) in [5.74, 6) is 0.977. The Kier molecular flexibility index (Phi) is 4.15. The van der Waals surface area contributed by atoms with Gasteiger partial charge in [0.1, 0.15) is 5.82 Å². The topological polar surface area (TPSA) is 59.3 Å². The van der Waals surface area contributed by atoms with Crippen molar-refractivity contribution in [3.63, 3.8) is 0 Å². The van der Waals surface area contributed by atoms with Crippen molar-refractivity contribution in [2.45, 2.75) is 13.3 Å². The van der Waals surface area contributed by atoms with Crippen LogP contribution in [0.15, 0.2) is 24.4 Å². The first kappa shape index (κ1) is 12.8. The van der Waals surface area contributed by atoms with Crippen LogP contribution in [0.3, 0.4) is 0 Å². The molecule has 0 bridgehead atoms. The third kappa shape index (κ3) is 2.79. The van der Waals surface area contributed by atoms with Crippen LogP contribution in [-0.4, -0.2) is 32.9 Å². The number of nitrogens with zero attached hydrogens (tertiary/aromatic N) is 3. The zero-order valence-corrected chi connectivity index (χ0v) is 10.9. The van der Waals surface area contributed by atoms with Crippen molar-refractivity contribution >= 4 is 23.2 Å². The minimum absolute atomic E-state index is 0.0289. The third-order valence-corrected chi connectivity index (χ3v) is 3.17. The molecule has 96 valence electrons. The van der Waals surface area contributed by atoms with E-state index in [0.717, 1.165) is 11.5 Å². The molecule has 1 unspecified atom stereocenters. The van der Waals surface area contributed by atoms with Gasteiger partial charge in [-0.25, -0.2) is 0 Å². The summed E-state index contributed by atoms with van der Waals surface area (Å²) in [6, 6.07) is 5.73. The molecule has 2 rings (SSSR count). The maximum Gasteiger partial charge on any atom is 0.224 e. The molecule has 0 aliphatic heterocycles. The summed E-state index contributed by atoms with van der Waals surface area (Å²) in [4.78, 5) is 11.5. The molecule has 0 saturated carbocycles. The fraction of sp³-hybridized carbons (Fsp3) is 0.417. The molecular weight excluding hydrogens is 252 g/mol. The first-order valence-electron chi connectivity index (χ1n) is 5.84. The van der Waals surface area contributed by atoms with Gasteiger partial charge < -0.3 is 5.32 Å². The summed E-state index contributed by atoms with van der Waals surface area (Å²) >= 11 is 5.62. The highest BCUT2D eigenvalue weighted by Crippen LogP contribution is 2.03. The molecule has 0 saturated heterocycles. The van der Waals surface area contributed by atoms with E-state index in [-0.39, 0.29) is 11.8 Å². The van der Waals surface area contributed by atoms with Gasteiger partial charge in [-0.1, -0.05) is 13.0 Å². The fourth-order valence-corrected chi connectivity index (χ4v) is 1.74. The van der Waals surface area contributed by atoms with Crippen molar-refractivity contribution in [2.24, 2.45) is 5.92 Å². The quantitative estimate of drug-likeness (QED) is 0.829. The molecule has 2 heterocycles. The molecule has 18 heavy (non-hydrogen) atoms. The lowest BCUT2D eigenvalue weighted by Gasteiger charge is -2.08. The molecule has 0 radical (unpaired) electrons. The Morgan fingerprint density at radius 1 is 1.50 bits per heavy atom. The maximum atomic E-state index is 11.5. The Hall–Kier alpha value is -1.62. The highest BCUT2D eigenvalue weighted by molar-refractivity contribution is 6.19. The van der Waals surface area contributed by atoms with Gasteiger partial charge in [0, 0.05) is 31.0 Å². The number of amides is 1. The Balaban J connectivity index is 1.93. The molecular formula is C12H15ClN4O. The third-order valence-electron chi connectivity index (χ3n) is 2.71. The van der Waals surface area contributed by atoms with E-state index in [0.29, 0.717) is 18.8 Å². The van der Waals surface area contributed by atoms with Crippen LogP contribution in [0.5, 0.6) is 0 Å². The zero-order valence-electron chi connectivity index (χ0n) is 10.1. The molecule has 2 aromatic heterocycles. The summed E-state index contributed by atoms with van der Waals surface area (Å²) in [5.41, 5.74) is 0.813. The number of halogens is 1. The standard InChI is InChI=1S/C12H15ClN4O/c1-9(8-13)12(18)14-6-5-11-16-15-10-4-2-3-7-17(10)11/h2-4,7,9H,5-6,8H2,1H3,(H,14,18). The minimum Gasteiger partial charge on any atom is -0.355 e. The van der Waals surface area contributed by atoms with Crippen LogP contribution in [0.2, 0.25) is 0 Å². The summed E-state index contributed by atoms with van der Waals surface area (Å²) in [6.07, 6.45) is 2.56. The number of rotatable bonds is 5. The number of aromatic nitrogens is 3. The van der Waals surface area contributed by atoms with Crippen LogP contribution in [0.1, 0.15) is 12.7 Å². The van der Waals surface area contributed by atoms with Crippen molar-refractivity contribution in [1.82, 2.24) is 19.9 Å². The normalized spacial score (nSPS) is 12.6. The lowest BCUT2D eigenvalue weighted by Crippen LogP contribution is -2.31. The number of nitrogens with one attached hydrogen (secondary N) is 1. The molecule has 0 aliphatic carbocycles. The van der Waals surface area contributed by atoms with E-state index >= 15 is 0 Å². The average molecular weight is 267 g/mol. The van der Waals surface area contributed by atoms with Gasteiger partial charge in [-0.2, -0.15) is 0 Å². The van der Waals surface area contributed by atoms with Gasteiger partial charge in [0.05, 0.1) is 0 Å². The lowest BCUT2D eigenvalue weighted by atomic mass is 10.2. The van der Waals surface area contributed by atoms with Crippen LogP contribution in [0, 0.1) is 5.92 Å². The molecule has 0 aliphatic rings. The molecule has 6 heteroatoms. The van der Waals surface area contributed by atoms with Gasteiger partial charge in [-0.15, -0.1) is 21.8 Å². The van der Waals surface area contributed by atoms with E-state index in [1.54, 1.807) is 6.92 Å². The maximum absolute atomic E-state index is 11.5. The Bertz CT molecular complexity index is 540. The zero-order chi connectivity index (χ0) is 13.0. The van der Waals surface area contributed by atoms with Crippen LogP contribution in [0.4, 0.5) is 0 Å². The van der Waals surface area contributed by atoms with Crippen molar-refractivity contribution in [3.8, 4) is 0 Å². The van der Waals surface area contributed by atoms with E-state index in [9.17, 15) is 4.79 Å². The van der Waals surface area contributed by atoms with Crippen LogP contribution in [-0.2, 0) is 11.2 Å². The second-order valence-corrected chi connectivity index (χ2v) is 4.45. The molecule has 2 aromatic rings. The Morgan fingerprint density at radius 3 is 3.11 bits per heavy atom. The van der Waals surface area contributed by atoms with Crippen molar-refractivity contribution in [2.75, 3.05) is 12.4 Å². The Morgan fingerprint density at radius 2 is 2.33 bits per heavy atom. The van der Waals surface area contributed by atoms with Crippen molar-refractivity contribution < 1.29 is 4.79 Å². The van der Waals surface area contributed by atoms with Crippen LogP contribution in [0.25, 0.3) is 5.65 Å². The summed E-state index contributed by atoms with van der Waals surface area (Å²) in [5, 5.41) is 11.0. The first-order chi connectivity index (χ1) is 8.72. The largest absolute Gasteiger partial charge is 0.355 e. The molecule has 1 amide bonds. The SMILES string of the molecule is CC(CCl)C(=O)NCCc1nnc2ccccn12. The average Bonchev–Trinajstić information content (AvgIpc) is 2.81. The monoisotopic (exact) mass is 266 g/mol. The smallest absolute Gasteiger partial charge is 0.224 e. The molecule has 1 atom stereocenters. The molecule has 0 fully saturated rings. The summed E-state index contributed by atoms with van der Waals surface area (Å²) < 4.78 is 1.91. The van der Waals surface area contributed by atoms with Gasteiger partial charge in [-0.3, -0.25) is 9.20 Å². The number of hydrogen-bond acceptors (Lipinski definition) is 3. The molecule has 0 aromatic carbocycles. The number of carbonyl (C=O) groups excluding carboxylic acids is 1. The molecule has 0 spiro atoms. The van der Waals surface area contributed by atoms with Gasteiger partial charge in [0.25, 0.3) is 0 Å². The van der Waals surface area contributed by atoms with E-state index in [2.05, 4.69) is 15.5 Å². The van der Waals surface area contributed by atoms with Gasteiger partial charge in [0.2, 0.25) is 5.91 Å². The number of alkyl halides is 1. The number of pyridine rings is 1. The highest BCUT2D eigenvalue weighted by atomic mass is 35.5. The predicted octanol–water partition coefficient (Wildman–Crippen LogP) is 1.26. The number of hydrogen-bond donors (Lipinski definition) is 1. The van der Waals surface area contributed by atoms with E-state index in [1.807, 2.05) is 28.8 Å². The van der Waals surface area contributed by atoms with Gasteiger partial charge in [-0.05, 0) is 12.1 Å². The number of carbonyl (C=O) groups is 1. The second kappa shape index (κ2) is 5.82. The fourth-order valence-electron chi connectivity index (χ4n) is 1.60. The second-order valence-electron chi connectivity index (χ2n) is 4.14.